The minimum Gasteiger partial charge on any atom is -0.324 e. The van der Waals surface area contributed by atoms with Crippen LogP contribution in [0, 0.1) is 0 Å². The van der Waals surface area contributed by atoms with Crippen LogP contribution in [0.2, 0.25) is 0 Å². The summed E-state index contributed by atoms with van der Waals surface area (Å²) >= 11 is 0. The van der Waals surface area contributed by atoms with Crippen molar-refractivity contribution in [3.8, 4) is 0 Å². The molecular formula is C26H39N3O3. The van der Waals surface area contributed by atoms with Gasteiger partial charge in [0.1, 0.15) is 12.1 Å². The van der Waals surface area contributed by atoms with Gasteiger partial charge < -0.3 is 10.2 Å². The summed E-state index contributed by atoms with van der Waals surface area (Å²) in [6.45, 7) is 10.8. The number of rotatable bonds is 8. The van der Waals surface area contributed by atoms with Gasteiger partial charge in [0.25, 0.3) is 5.91 Å². The van der Waals surface area contributed by atoms with E-state index < -0.39 is 5.54 Å². The Labute approximate surface area is 192 Å². The van der Waals surface area contributed by atoms with E-state index in [9.17, 15) is 14.4 Å². The fourth-order valence-electron chi connectivity index (χ4n) is 5.19. The van der Waals surface area contributed by atoms with Gasteiger partial charge in [-0.1, -0.05) is 78.5 Å². The van der Waals surface area contributed by atoms with Gasteiger partial charge in [0.2, 0.25) is 5.91 Å². The summed E-state index contributed by atoms with van der Waals surface area (Å²) < 4.78 is 0. The lowest BCUT2D eigenvalue weighted by atomic mass is 9.80. The highest BCUT2D eigenvalue weighted by Gasteiger charge is 2.57. The number of benzene rings is 1. The third kappa shape index (κ3) is 4.55. The first-order chi connectivity index (χ1) is 15.2. The average molecular weight is 442 g/mol. The minimum atomic E-state index is -0.746. The Morgan fingerprint density at radius 2 is 1.62 bits per heavy atom. The fourth-order valence-corrected chi connectivity index (χ4v) is 5.19. The molecule has 1 spiro atoms. The topological polar surface area (TPSA) is 69.7 Å². The molecule has 1 saturated heterocycles. The number of amides is 4. The molecule has 1 aliphatic heterocycles. The number of hydrogen-bond donors (Lipinski definition) is 1. The maximum Gasteiger partial charge on any atom is 0.328 e. The lowest BCUT2D eigenvalue weighted by Gasteiger charge is -2.38. The monoisotopic (exact) mass is 441 g/mol. The van der Waals surface area contributed by atoms with E-state index in [0.29, 0.717) is 19.4 Å². The Kier molecular flexibility index (Phi) is 7.63. The fraction of sp³-hybridized carbons (Fsp3) is 0.654. The smallest absolute Gasteiger partial charge is 0.324 e. The lowest BCUT2D eigenvalue weighted by molar-refractivity contribution is -0.136. The minimum absolute atomic E-state index is 0.185. The largest absolute Gasteiger partial charge is 0.328 e. The van der Waals surface area contributed by atoms with E-state index in [2.05, 4.69) is 39.9 Å². The molecule has 0 aromatic heterocycles. The maximum absolute atomic E-state index is 13.5. The predicted molar refractivity (Wildman–Crippen MR) is 128 cm³/mol. The SMILES string of the molecule is CCCCN1C(=O)N(CC(=O)Nc2c(C(C)C)cccc2C(C)C)C(=O)C12CCCCC2. The number of nitrogens with zero attached hydrogens (tertiary/aromatic N) is 2. The second kappa shape index (κ2) is 10.1. The van der Waals surface area contributed by atoms with Gasteiger partial charge in [-0.15, -0.1) is 0 Å². The number of carbonyl (C=O) groups is 3. The Balaban J connectivity index is 1.84. The van der Waals surface area contributed by atoms with Crippen molar-refractivity contribution >= 4 is 23.5 Å². The molecule has 3 rings (SSSR count). The summed E-state index contributed by atoms with van der Waals surface area (Å²) in [5, 5.41) is 3.06. The molecule has 6 heteroatoms. The second-order valence-corrected chi connectivity index (χ2v) is 9.94. The van der Waals surface area contributed by atoms with Crippen LogP contribution >= 0.6 is 0 Å². The first-order valence-electron chi connectivity index (χ1n) is 12.3. The van der Waals surface area contributed by atoms with Gasteiger partial charge in [-0.25, -0.2) is 4.79 Å². The molecule has 0 unspecified atom stereocenters. The summed E-state index contributed by atoms with van der Waals surface area (Å²) in [5.41, 5.74) is 2.20. The molecule has 1 aromatic carbocycles. The van der Waals surface area contributed by atoms with Gasteiger partial charge in [0, 0.05) is 12.2 Å². The Hall–Kier alpha value is -2.37. The number of urea groups is 1. The number of hydrogen-bond acceptors (Lipinski definition) is 3. The number of nitrogens with one attached hydrogen (secondary N) is 1. The van der Waals surface area contributed by atoms with Gasteiger partial charge in [0.15, 0.2) is 0 Å². The molecule has 1 saturated carbocycles. The quantitative estimate of drug-likeness (QED) is 0.531. The van der Waals surface area contributed by atoms with Crippen LogP contribution in [0.15, 0.2) is 18.2 Å². The highest BCUT2D eigenvalue weighted by Crippen LogP contribution is 2.40. The van der Waals surface area contributed by atoms with E-state index in [1.54, 1.807) is 4.90 Å². The van der Waals surface area contributed by atoms with Crippen molar-refractivity contribution in [2.75, 3.05) is 18.4 Å². The Morgan fingerprint density at radius 3 is 2.16 bits per heavy atom. The van der Waals surface area contributed by atoms with Crippen LogP contribution < -0.4 is 5.32 Å². The normalized spacial score (nSPS) is 18.3. The highest BCUT2D eigenvalue weighted by molar-refractivity contribution is 6.10. The molecular weight excluding hydrogens is 402 g/mol. The van der Waals surface area contributed by atoms with E-state index in [1.807, 2.05) is 18.2 Å². The van der Waals surface area contributed by atoms with Crippen molar-refractivity contribution in [3.63, 3.8) is 0 Å². The number of carbonyl (C=O) groups excluding carboxylic acids is 3. The van der Waals surface area contributed by atoms with Gasteiger partial charge >= 0.3 is 6.03 Å². The van der Waals surface area contributed by atoms with Crippen LogP contribution in [0.1, 0.15) is 103 Å². The van der Waals surface area contributed by atoms with Gasteiger partial charge in [-0.3, -0.25) is 14.5 Å². The number of unbranched alkanes of at least 4 members (excludes halogenated alkanes) is 1. The molecule has 0 bridgehead atoms. The van der Waals surface area contributed by atoms with Crippen LogP contribution in [0.25, 0.3) is 0 Å². The van der Waals surface area contributed by atoms with Crippen molar-refractivity contribution in [2.45, 2.75) is 96.9 Å². The zero-order valence-electron chi connectivity index (χ0n) is 20.4. The zero-order valence-corrected chi connectivity index (χ0v) is 20.4. The van der Waals surface area contributed by atoms with E-state index in [-0.39, 0.29) is 36.2 Å². The van der Waals surface area contributed by atoms with Crippen LogP contribution in [-0.2, 0) is 9.59 Å². The molecule has 1 aromatic rings. The number of imide groups is 1. The van der Waals surface area contributed by atoms with Crippen LogP contribution in [0.4, 0.5) is 10.5 Å². The van der Waals surface area contributed by atoms with E-state index >= 15 is 0 Å². The molecule has 0 atom stereocenters. The number of anilines is 1. The summed E-state index contributed by atoms with van der Waals surface area (Å²) in [6, 6.07) is 5.78. The van der Waals surface area contributed by atoms with Crippen molar-refractivity contribution < 1.29 is 14.4 Å². The Bertz CT molecular complexity index is 830. The summed E-state index contributed by atoms with van der Waals surface area (Å²) in [5.74, 6) is -0.0112. The maximum atomic E-state index is 13.5. The highest BCUT2D eigenvalue weighted by atomic mass is 16.2. The molecule has 2 aliphatic rings. The van der Waals surface area contributed by atoms with Crippen LogP contribution in [0.5, 0.6) is 0 Å². The summed E-state index contributed by atoms with van der Waals surface area (Å²) in [6.07, 6.45) is 6.21. The van der Waals surface area contributed by atoms with Gasteiger partial charge in [-0.05, 0) is 42.2 Å². The molecule has 6 nitrogen and oxygen atoms in total. The van der Waals surface area contributed by atoms with Gasteiger partial charge in [-0.2, -0.15) is 0 Å². The molecule has 1 aliphatic carbocycles. The van der Waals surface area contributed by atoms with Crippen LogP contribution in [-0.4, -0.2) is 46.3 Å². The van der Waals surface area contributed by atoms with Crippen molar-refractivity contribution in [3.05, 3.63) is 29.3 Å². The third-order valence-corrected chi connectivity index (χ3v) is 6.98. The number of para-hydroxylation sites is 1. The average Bonchev–Trinajstić information content (AvgIpc) is 2.93. The molecule has 32 heavy (non-hydrogen) atoms. The van der Waals surface area contributed by atoms with Crippen molar-refractivity contribution in [1.29, 1.82) is 0 Å². The van der Waals surface area contributed by atoms with Gasteiger partial charge in [0.05, 0.1) is 0 Å². The Morgan fingerprint density at radius 1 is 1.03 bits per heavy atom. The standard InChI is InChI=1S/C26H39N3O3/c1-6-7-16-29-25(32)28(24(31)26(29)14-9-8-10-15-26)17-22(30)27-23-20(18(2)3)12-11-13-21(23)19(4)5/h11-13,18-19H,6-10,14-17H2,1-5H3,(H,27,30). The lowest BCUT2D eigenvalue weighted by Crippen LogP contribution is -2.51. The zero-order chi connectivity index (χ0) is 23.5. The predicted octanol–water partition coefficient (Wildman–Crippen LogP) is 5.64. The summed E-state index contributed by atoms with van der Waals surface area (Å²) in [7, 11) is 0. The van der Waals surface area contributed by atoms with E-state index in [4.69, 9.17) is 0 Å². The van der Waals surface area contributed by atoms with E-state index in [1.165, 1.54) is 4.90 Å². The molecule has 0 radical (unpaired) electrons. The second-order valence-electron chi connectivity index (χ2n) is 9.94. The summed E-state index contributed by atoms with van der Waals surface area (Å²) in [4.78, 5) is 42.9. The molecule has 2 fully saturated rings. The first kappa shape index (κ1) is 24.3. The third-order valence-electron chi connectivity index (χ3n) is 6.98. The molecule has 1 heterocycles. The van der Waals surface area contributed by atoms with E-state index in [0.717, 1.165) is 48.9 Å². The molecule has 4 amide bonds. The first-order valence-corrected chi connectivity index (χ1v) is 12.3. The van der Waals surface area contributed by atoms with Crippen molar-refractivity contribution in [2.24, 2.45) is 0 Å². The molecule has 1 N–H and O–H groups in total. The van der Waals surface area contributed by atoms with Crippen LogP contribution in [0.3, 0.4) is 0 Å². The molecule has 176 valence electrons. The van der Waals surface area contributed by atoms with Crippen molar-refractivity contribution in [1.82, 2.24) is 9.80 Å².